The van der Waals surface area contributed by atoms with Crippen molar-refractivity contribution in [2.75, 3.05) is 31.1 Å². The van der Waals surface area contributed by atoms with Gasteiger partial charge in [-0.05, 0) is 51.7 Å². The number of amides is 2. The molecule has 1 unspecified atom stereocenters. The van der Waals surface area contributed by atoms with Crippen molar-refractivity contribution in [1.29, 1.82) is 0 Å². The molecule has 1 aromatic rings. The van der Waals surface area contributed by atoms with Crippen LogP contribution in [-0.2, 0) is 0 Å². The van der Waals surface area contributed by atoms with Crippen LogP contribution in [0.4, 0.5) is 10.5 Å². The van der Waals surface area contributed by atoms with Gasteiger partial charge in [0.15, 0.2) is 0 Å². The number of hydrogen-bond donors (Lipinski definition) is 2. The predicted molar refractivity (Wildman–Crippen MR) is 96.1 cm³/mol. The van der Waals surface area contributed by atoms with Crippen LogP contribution < -0.4 is 10.2 Å². The van der Waals surface area contributed by atoms with Crippen LogP contribution in [0.2, 0.25) is 0 Å². The van der Waals surface area contributed by atoms with Gasteiger partial charge >= 0.3 is 6.03 Å². The fourth-order valence-electron chi connectivity index (χ4n) is 3.10. The molecule has 1 aromatic heterocycles. The summed E-state index contributed by atoms with van der Waals surface area (Å²) in [6, 6.07) is 4.08. The first-order valence-electron chi connectivity index (χ1n) is 8.85. The molecule has 1 fully saturated rings. The van der Waals surface area contributed by atoms with E-state index >= 15 is 0 Å². The Morgan fingerprint density at radius 1 is 1.33 bits per heavy atom. The van der Waals surface area contributed by atoms with E-state index in [1.54, 1.807) is 11.8 Å². The number of anilines is 1. The molecule has 0 saturated carbocycles. The van der Waals surface area contributed by atoms with Crippen molar-refractivity contribution in [3.63, 3.8) is 0 Å². The summed E-state index contributed by atoms with van der Waals surface area (Å²) >= 11 is 0. The molecule has 1 aliphatic heterocycles. The number of carbonyl (C=O) groups is 1. The van der Waals surface area contributed by atoms with E-state index in [1.165, 1.54) is 5.69 Å². The zero-order chi connectivity index (χ0) is 17.5. The van der Waals surface area contributed by atoms with Gasteiger partial charge in [0.25, 0.3) is 0 Å². The normalized spacial score (nSPS) is 17.0. The highest BCUT2D eigenvalue weighted by Gasteiger charge is 2.22. The van der Waals surface area contributed by atoms with E-state index in [2.05, 4.69) is 15.2 Å². The van der Waals surface area contributed by atoms with Crippen LogP contribution in [0.3, 0.4) is 0 Å². The fraction of sp³-hybridized carbons (Fsp3) is 0.667. The molecule has 1 atom stereocenters. The number of piperidine rings is 1. The first kappa shape index (κ1) is 18.5. The summed E-state index contributed by atoms with van der Waals surface area (Å²) in [5, 5.41) is 12.6. The number of nitrogens with zero attached hydrogens (tertiary/aromatic N) is 3. The topological polar surface area (TPSA) is 68.7 Å². The zero-order valence-electron chi connectivity index (χ0n) is 15.0. The maximum atomic E-state index is 12.3. The van der Waals surface area contributed by atoms with Crippen LogP contribution in [0.25, 0.3) is 0 Å². The van der Waals surface area contributed by atoms with Gasteiger partial charge in [-0.15, -0.1) is 0 Å². The summed E-state index contributed by atoms with van der Waals surface area (Å²) in [7, 11) is 0. The van der Waals surface area contributed by atoms with Crippen molar-refractivity contribution >= 4 is 11.7 Å². The summed E-state index contributed by atoms with van der Waals surface area (Å²) in [5.74, 6) is 0.507. The molecular weight excluding hydrogens is 304 g/mol. The van der Waals surface area contributed by atoms with E-state index in [4.69, 9.17) is 0 Å². The zero-order valence-corrected chi connectivity index (χ0v) is 15.0. The Morgan fingerprint density at radius 3 is 2.50 bits per heavy atom. The average molecular weight is 334 g/mol. The molecule has 6 nitrogen and oxygen atoms in total. The van der Waals surface area contributed by atoms with Crippen LogP contribution in [0.1, 0.15) is 33.6 Å². The third-order valence-electron chi connectivity index (χ3n) is 4.53. The summed E-state index contributed by atoms with van der Waals surface area (Å²) in [6.45, 7) is 8.72. The van der Waals surface area contributed by atoms with Crippen LogP contribution in [0.15, 0.2) is 24.5 Å². The molecule has 1 aliphatic rings. The van der Waals surface area contributed by atoms with Gasteiger partial charge in [-0.2, -0.15) is 0 Å². The lowest BCUT2D eigenvalue weighted by atomic mass is 9.96. The number of urea groups is 1. The monoisotopic (exact) mass is 334 g/mol. The van der Waals surface area contributed by atoms with Gasteiger partial charge in [-0.3, -0.25) is 4.98 Å². The summed E-state index contributed by atoms with van der Waals surface area (Å²) in [4.78, 5) is 20.5. The maximum absolute atomic E-state index is 12.3. The molecule has 6 heteroatoms. The van der Waals surface area contributed by atoms with Crippen LogP contribution in [-0.4, -0.2) is 59.3 Å². The Balaban J connectivity index is 1.76. The van der Waals surface area contributed by atoms with Crippen molar-refractivity contribution in [3.8, 4) is 0 Å². The van der Waals surface area contributed by atoms with Crippen molar-refractivity contribution in [1.82, 2.24) is 15.2 Å². The van der Waals surface area contributed by atoms with E-state index in [0.717, 1.165) is 25.9 Å². The van der Waals surface area contributed by atoms with Crippen LogP contribution in [0.5, 0.6) is 0 Å². The molecule has 24 heavy (non-hydrogen) atoms. The van der Waals surface area contributed by atoms with Gasteiger partial charge in [0, 0.05) is 50.3 Å². The van der Waals surface area contributed by atoms with E-state index in [-0.39, 0.29) is 12.1 Å². The molecule has 1 saturated heterocycles. The highest BCUT2D eigenvalue weighted by molar-refractivity contribution is 5.74. The third kappa shape index (κ3) is 5.37. The Hall–Kier alpha value is -1.82. The molecule has 2 N–H and O–H groups in total. The molecule has 2 heterocycles. The van der Waals surface area contributed by atoms with Gasteiger partial charge < -0.3 is 20.2 Å². The maximum Gasteiger partial charge on any atom is 0.317 e. The van der Waals surface area contributed by atoms with E-state index in [1.807, 2.05) is 38.4 Å². The van der Waals surface area contributed by atoms with Crippen molar-refractivity contribution in [2.45, 2.75) is 45.8 Å². The molecule has 0 radical (unpaired) electrons. The predicted octanol–water partition coefficient (Wildman–Crippen LogP) is 2.10. The van der Waals surface area contributed by atoms with Crippen LogP contribution >= 0.6 is 0 Å². The second-order valence-electron chi connectivity index (χ2n) is 6.92. The molecule has 0 bridgehead atoms. The van der Waals surface area contributed by atoms with Gasteiger partial charge in [-0.25, -0.2) is 4.79 Å². The number of rotatable bonds is 6. The second kappa shape index (κ2) is 8.87. The molecular formula is C18H30N4O2. The molecule has 0 aromatic carbocycles. The number of carbonyl (C=O) groups excluding carboxylic acids is 1. The lowest BCUT2D eigenvalue weighted by molar-refractivity contribution is 0.118. The molecule has 2 amide bonds. The van der Waals surface area contributed by atoms with Crippen LogP contribution in [0, 0.1) is 5.92 Å². The molecule has 134 valence electrons. The number of aromatic nitrogens is 1. The average Bonchev–Trinajstić information content (AvgIpc) is 2.58. The largest absolute Gasteiger partial charge is 0.392 e. The smallest absolute Gasteiger partial charge is 0.317 e. The highest BCUT2D eigenvalue weighted by Crippen LogP contribution is 2.22. The fourth-order valence-corrected chi connectivity index (χ4v) is 3.10. The minimum atomic E-state index is -0.512. The summed E-state index contributed by atoms with van der Waals surface area (Å²) in [6.07, 6.45) is 5.28. The summed E-state index contributed by atoms with van der Waals surface area (Å²) < 4.78 is 0. The van der Waals surface area contributed by atoms with E-state index < -0.39 is 6.10 Å². The van der Waals surface area contributed by atoms with Gasteiger partial charge in [0.05, 0.1) is 6.10 Å². The first-order valence-corrected chi connectivity index (χ1v) is 8.85. The lowest BCUT2D eigenvalue weighted by Crippen LogP contribution is -2.48. The molecule has 0 spiro atoms. The third-order valence-corrected chi connectivity index (χ3v) is 4.53. The number of pyridine rings is 1. The lowest BCUT2D eigenvalue weighted by Gasteiger charge is -2.34. The quantitative estimate of drug-likeness (QED) is 0.836. The standard InChI is InChI=1S/C18H30N4O2/c1-14(2)22(13-15(3)23)18(24)20-12-16-6-10-21(11-7-16)17-4-8-19-9-5-17/h4-5,8-9,14-16,23H,6-7,10-13H2,1-3H3,(H,20,24). The summed E-state index contributed by atoms with van der Waals surface area (Å²) in [5.41, 5.74) is 1.22. The minimum Gasteiger partial charge on any atom is -0.392 e. The Labute approximate surface area is 144 Å². The molecule has 0 aliphatic carbocycles. The van der Waals surface area contributed by atoms with E-state index in [9.17, 15) is 9.90 Å². The van der Waals surface area contributed by atoms with Gasteiger partial charge in [-0.1, -0.05) is 0 Å². The van der Waals surface area contributed by atoms with Gasteiger partial charge in [0.2, 0.25) is 0 Å². The first-order chi connectivity index (χ1) is 11.5. The van der Waals surface area contributed by atoms with Crippen molar-refractivity contribution in [2.24, 2.45) is 5.92 Å². The minimum absolute atomic E-state index is 0.0770. The van der Waals surface area contributed by atoms with Crippen molar-refractivity contribution < 1.29 is 9.90 Å². The number of aliphatic hydroxyl groups excluding tert-OH is 1. The second-order valence-corrected chi connectivity index (χ2v) is 6.92. The Morgan fingerprint density at radius 2 is 1.96 bits per heavy atom. The molecule has 2 rings (SSSR count). The number of aliphatic hydroxyl groups is 1. The number of nitrogens with one attached hydrogen (secondary N) is 1. The highest BCUT2D eigenvalue weighted by atomic mass is 16.3. The van der Waals surface area contributed by atoms with E-state index in [0.29, 0.717) is 19.0 Å². The van der Waals surface area contributed by atoms with Crippen molar-refractivity contribution in [3.05, 3.63) is 24.5 Å². The van der Waals surface area contributed by atoms with Gasteiger partial charge in [0.1, 0.15) is 0 Å². The number of hydrogen-bond acceptors (Lipinski definition) is 4. The Bertz CT molecular complexity index is 499. The Kier molecular flexibility index (Phi) is 6.85. The SMILES string of the molecule is CC(O)CN(C(=O)NCC1CCN(c2ccncc2)CC1)C(C)C.